The molecule has 0 spiro atoms. The second-order valence-corrected chi connectivity index (χ2v) is 17.3. The molecule has 2 fully saturated rings. The molecule has 2 aromatic rings. The maximum atomic E-state index is 6.70. The Bertz CT molecular complexity index is 1040. The van der Waals surface area contributed by atoms with Crippen LogP contribution in [0.2, 0.25) is 18.1 Å². The van der Waals surface area contributed by atoms with E-state index in [4.69, 9.17) is 18.9 Å². The maximum Gasteiger partial charge on any atom is 0.192 e. The molecule has 4 rings (SSSR count). The van der Waals surface area contributed by atoms with Crippen molar-refractivity contribution in [3.05, 3.63) is 35.9 Å². The Balaban J connectivity index is 1.65. The molecule has 0 N–H and O–H groups in total. The molecule has 1 aliphatic carbocycles. The number of hydrogen-bond donors (Lipinski definition) is 0. The number of ether oxygens (including phenoxy) is 2. The van der Waals surface area contributed by atoms with Gasteiger partial charge in [-0.2, -0.15) is 0 Å². The predicted molar refractivity (Wildman–Crippen MR) is 148 cm³/mol. The highest BCUT2D eigenvalue weighted by Crippen LogP contribution is 2.39. The van der Waals surface area contributed by atoms with Gasteiger partial charge in [-0.3, -0.25) is 9.55 Å². The normalized spacial score (nSPS) is 19.3. The molecule has 1 unspecified atom stereocenters. The summed E-state index contributed by atoms with van der Waals surface area (Å²) in [5.41, 5.74) is 2.76. The van der Waals surface area contributed by atoms with Crippen molar-refractivity contribution in [2.75, 3.05) is 13.2 Å². The molecule has 1 saturated heterocycles. The number of hydrogen-bond acceptors (Lipinski definition) is 6. The Labute approximate surface area is 222 Å². The number of aromatic nitrogens is 3. The van der Waals surface area contributed by atoms with E-state index in [1.54, 1.807) is 6.20 Å². The molecule has 0 radical (unpaired) electrons. The van der Waals surface area contributed by atoms with Crippen LogP contribution in [0.15, 0.2) is 29.7 Å². The van der Waals surface area contributed by atoms with Crippen molar-refractivity contribution in [3.8, 4) is 17.5 Å². The summed E-state index contributed by atoms with van der Waals surface area (Å²) in [7, 11) is -1.97. The van der Waals surface area contributed by atoms with E-state index < -0.39 is 8.32 Å². The molecule has 0 amide bonds. The Hall–Kier alpha value is -1.63. The van der Waals surface area contributed by atoms with E-state index in [1.165, 1.54) is 25.7 Å². The lowest BCUT2D eigenvalue weighted by Gasteiger charge is -2.36. The fraction of sp³-hybridized carbons (Fsp3) is 0.643. The van der Waals surface area contributed by atoms with Gasteiger partial charge >= 0.3 is 0 Å². The zero-order valence-electron chi connectivity index (χ0n) is 22.5. The largest absolute Gasteiger partial charge is 0.411 e. The lowest BCUT2D eigenvalue weighted by Crippen LogP contribution is -2.40. The third-order valence-electron chi connectivity index (χ3n) is 7.48. The van der Waals surface area contributed by atoms with Gasteiger partial charge in [-0.15, -0.1) is 0 Å². The number of imidazole rings is 1. The van der Waals surface area contributed by atoms with Gasteiger partial charge in [0.1, 0.15) is 12.3 Å². The van der Waals surface area contributed by atoms with E-state index in [0.29, 0.717) is 18.5 Å². The predicted octanol–water partition coefficient (Wildman–Crippen LogP) is 6.72. The van der Waals surface area contributed by atoms with Crippen LogP contribution in [0.5, 0.6) is 0 Å². The lowest BCUT2D eigenvalue weighted by molar-refractivity contribution is -0.154. The van der Waals surface area contributed by atoms with Gasteiger partial charge in [-0.25, -0.2) is 4.98 Å². The SMILES string of the molecule is CC(C)(C)[Si](C)(C)OCc1c(C#CCOC2CCCCO2)nc(SC2CCCC2)n1-c1cccnc1. The number of pyridine rings is 1. The summed E-state index contributed by atoms with van der Waals surface area (Å²) in [6, 6.07) is 4.06. The average molecular weight is 528 g/mol. The summed E-state index contributed by atoms with van der Waals surface area (Å²) in [5.74, 6) is 6.53. The van der Waals surface area contributed by atoms with Crippen molar-refractivity contribution in [1.29, 1.82) is 0 Å². The van der Waals surface area contributed by atoms with Crippen molar-refractivity contribution >= 4 is 20.1 Å². The highest BCUT2D eigenvalue weighted by Gasteiger charge is 2.38. The Morgan fingerprint density at radius 2 is 1.94 bits per heavy atom. The fourth-order valence-electron chi connectivity index (χ4n) is 4.21. The molecule has 6 nitrogen and oxygen atoms in total. The first kappa shape index (κ1) is 27.4. The van der Waals surface area contributed by atoms with Gasteiger partial charge in [0.25, 0.3) is 0 Å². The second kappa shape index (κ2) is 12.3. The van der Waals surface area contributed by atoms with Gasteiger partial charge in [0.15, 0.2) is 19.8 Å². The van der Waals surface area contributed by atoms with Crippen LogP contribution in [0.1, 0.15) is 77.1 Å². The molecule has 3 heterocycles. The van der Waals surface area contributed by atoms with Crippen molar-refractivity contribution in [2.45, 2.75) is 107 Å². The summed E-state index contributed by atoms with van der Waals surface area (Å²) in [5, 5.41) is 1.68. The Morgan fingerprint density at radius 3 is 2.61 bits per heavy atom. The highest BCUT2D eigenvalue weighted by atomic mass is 32.2. The van der Waals surface area contributed by atoms with Gasteiger partial charge in [0.05, 0.1) is 24.2 Å². The van der Waals surface area contributed by atoms with E-state index in [1.807, 2.05) is 24.0 Å². The molecule has 0 bridgehead atoms. The standard InChI is InChI=1S/C28H41N3O3SSi/c1-28(2,3)36(4,5)34-21-25-24(15-11-19-33-26-16-8-9-18-32-26)30-27(35-23-13-6-7-14-23)31(25)22-12-10-17-29-20-22/h10,12,17,20,23,26H,6-9,13-14,16,18-19,21H2,1-5H3. The topological polar surface area (TPSA) is 58.4 Å². The molecule has 1 saturated carbocycles. The summed E-state index contributed by atoms with van der Waals surface area (Å²) >= 11 is 1.87. The van der Waals surface area contributed by atoms with Crippen molar-refractivity contribution in [3.63, 3.8) is 0 Å². The van der Waals surface area contributed by atoms with Crippen LogP contribution in [0.25, 0.3) is 5.69 Å². The minimum absolute atomic E-state index is 0.118. The molecule has 2 aliphatic rings. The van der Waals surface area contributed by atoms with E-state index in [0.717, 1.165) is 48.1 Å². The van der Waals surface area contributed by atoms with Gasteiger partial charge in [-0.1, -0.05) is 51.3 Å². The molecule has 2 aromatic heterocycles. The summed E-state index contributed by atoms with van der Waals surface area (Å²) < 4.78 is 20.5. The maximum absolute atomic E-state index is 6.70. The molecule has 0 aromatic carbocycles. The van der Waals surface area contributed by atoms with Gasteiger partial charge in [0.2, 0.25) is 0 Å². The van der Waals surface area contributed by atoms with Crippen LogP contribution in [0.4, 0.5) is 0 Å². The third-order valence-corrected chi connectivity index (χ3v) is 13.3. The monoisotopic (exact) mass is 527 g/mol. The molecule has 8 heteroatoms. The number of thioether (sulfide) groups is 1. The van der Waals surface area contributed by atoms with Gasteiger partial charge in [0, 0.05) is 18.1 Å². The molecular formula is C28H41N3O3SSi. The number of nitrogens with zero attached hydrogens (tertiary/aromatic N) is 3. The first-order valence-corrected chi connectivity index (χ1v) is 17.1. The zero-order chi connectivity index (χ0) is 25.6. The van der Waals surface area contributed by atoms with Crippen LogP contribution in [0, 0.1) is 11.8 Å². The smallest absolute Gasteiger partial charge is 0.192 e. The zero-order valence-corrected chi connectivity index (χ0v) is 24.3. The second-order valence-electron chi connectivity index (χ2n) is 11.2. The molecule has 1 atom stereocenters. The van der Waals surface area contributed by atoms with Crippen molar-refractivity contribution in [1.82, 2.24) is 14.5 Å². The van der Waals surface area contributed by atoms with Crippen molar-refractivity contribution in [2.24, 2.45) is 0 Å². The molecule has 196 valence electrons. The van der Waals surface area contributed by atoms with E-state index in [9.17, 15) is 0 Å². The van der Waals surface area contributed by atoms with Crippen LogP contribution in [0.3, 0.4) is 0 Å². The van der Waals surface area contributed by atoms with Crippen LogP contribution < -0.4 is 0 Å². The minimum Gasteiger partial charge on any atom is -0.411 e. The van der Waals surface area contributed by atoms with E-state index >= 15 is 0 Å². The Kier molecular flexibility index (Phi) is 9.34. The average Bonchev–Trinajstić information content (AvgIpc) is 3.49. The third kappa shape index (κ3) is 7.02. The summed E-state index contributed by atoms with van der Waals surface area (Å²) in [6.45, 7) is 13.0. The van der Waals surface area contributed by atoms with E-state index in [-0.39, 0.29) is 11.3 Å². The lowest BCUT2D eigenvalue weighted by atomic mass is 10.2. The quantitative estimate of drug-likeness (QED) is 0.281. The summed E-state index contributed by atoms with van der Waals surface area (Å²) in [6.07, 6.45) is 11.8. The van der Waals surface area contributed by atoms with E-state index in [2.05, 4.69) is 61.3 Å². The molecule has 36 heavy (non-hydrogen) atoms. The van der Waals surface area contributed by atoms with Crippen LogP contribution in [-0.4, -0.2) is 47.6 Å². The molecular weight excluding hydrogens is 486 g/mol. The minimum atomic E-state index is -1.97. The Morgan fingerprint density at radius 1 is 1.17 bits per heavy atom. The fourth-order valence-corrected chi connectivity index (χ4v) is 6.48. The van der Waals surface area contributed by atoms with Crippen molar-refractivity contribution < 1.29 is 13.9 Å². The number of rotatable bonds is 8. The highest BCUT2D eigenvalue weighted by molar-refractivity contribution is 7.99. The first-order chi connectivity index (χ1) is 17.2. The first-order valence-electron chi connectivity index (χ1n) is 13.3. The van der Waals surface area contributed by atoms with Crippen LogP contribution in [-0.2, 0) is 20.5 Å². The summed E-state index contributed by atoms with van der Waals surface area (Å²) in [4.78, 5) is 9.47. The molecule has 1 aliphatic heterocycles. The van der Waals surface area contributed by atoms with Gasteiger partial charge in [-0.05, 0) is 68.3 Å². The van der Waals surface area contributed by atoms with Crippen LogP contribution >= 0.6 is 11.8 Å². The van der Waals surface area contributed by atoms with Gasteiger partial charge < -0.3 is 13.9 Å².